The molecule has 0 saturated heterocycles. The highest BCUT2D eigenvalue weighted by Crippen LogP contribution is 2.36. The van der Waals surface area contributed by atoms with Crippen molar-refractivity contribution in [2.75, 3.05) is 6.61 Å². The zero-order chi connectivity index (χ0) is 28.2. The minimum Gasteiger partial charge on any atom is -0.394 e. The van der Waals surface area contributed by atoms with Crippen molar-refractivity contribution in [1.82, 2.24) is 0 Å². The number of aliphatic hydroxyl groups excluding tert-OH is 4. The Balaban J connectivity index is 2.56. The van der Waals surface area contributed by atoms with Crippen LogP contribution in [0, 0.1) is 0 Å². The van der Waals surface area contributed by atoms with Gasteiger partial charge in [0, 0.05) is 12.8 Å². The average molecular weight is 517 g/mol. The zero-order valence-electron chi connectivity index (χ0n) is 23.6. The molecule has 0 saturated carbocycles. The van der Waals surface area contributed by atoms with Crippen LogP contribution in [0.5, 0.6) is 0 Å². The average Bonchev–Trinajstić information content (AvgIpc) is 2.81. The molecule has 6 N–H and O–H groups in total. The van der Waals surface area contributed by atoms with Crippen molar-refractivity contribution in [2.24, 2.45) is 0 Å². The second-order valence-corrected chi connectivity index (χ2v) is 12.7. The van der Waals surface area contributed by atoms with E-state index < -0.39 is 36.1 Å². The molecule has 2 rings (SSSR count). The largest absolute Gasteiger partial charge is 0.394 e. The first-order valence-corrected chi connectivity index (χ1v) is 13.3. The second kappa shape index (κ2) is 11.9. The first kappa shape index (κ1) is 31.4. The predicted octanol–water partition coefficient (Wildman–Crippen LogP) is 3.40. The zero-order valence-corrected chi connectivity index (χ0v) is 23.6. The minimum atomic E-state index is -2.34. The van der Waals surface area contributed by atoms with E-state index in [1.165, 1.54) is 0 Å². The molecule has 0 aliphatic heterocycles. The lowest BCUT2D eigenvalue weighted by Crippen LogP contribution is -2.66. The summed E-state index contributed by atoms with van der Waals surface area (Å²) in [6.45, 7) is 13.5. The molecular formula is C31H48O6. The molecule has 6 heteroatoms. The van der Waals surface area contributed by atoms with Gasteiger partial charge in [0.05, 0.1) is 12.2 Å². The van der Waals surface area contributed by atoms with Crippen LogP contribution in [0.25, 0.3) is 0 Å². The van der Waals surface area contributed by atoms with Crippen LogP contribution in [0.2, 0.25) is 0 Å². The van der Waals surface area contributed by atoms with Crippen molar-refractivity contribution in [1.29, 1.82) is 0 Å². The summed E-state index contributed by atoms with van der Waals surface area (Å²) < 4.78 is 0. The molecule has 5 atom stereocenters. The van der Waals surface area contributed by atoms with Crippen molar-refractivity contribution in [3.05, 3.63) is 70.8 Å². The lowest BCUT2D eigenvalue weighted by atomic mass is 9.71. The van der Waals surface area contributed by atoms with Gasteiger partial charge in [-0.25, -0.2) is 0 Å². The molecule has 0 fully saturated rings. The molecule has 0 spiro atoms. The Morgan fingerprint density at radius 2 is 1.19 bits per heavy atom. The van der Waals surface area contributed by atoms with E-state index in [1.54, 1.807) is 6.07 Å². The second-order valence-electron chi connectivity index (χ2n) is 12.7. The first-order valence-electron chi connectivity index (χ1n) is 13.3. The smallest absolute Gasteiger partial charge is 0.126 e. The molecule has 0 aliphatic carbocycles. The highest BCUT2D eigenvalue weighted by Gasteiger charge is 2.54. The SMILES string of the molecule is CCCC(O)(Cc1cccc(C(C)(C)C)c1)[C@@H](O)[C@@](O)(Cc1cccc(C(C)(C)C)c1)[C@H](O)[C@@H](O)CO. The van der Waals surface area contributed by atoms with E-state index >= 15 is 0 Å². The maximum Gasteiger partial charge on any atom is 0.126 e. The highest BCUT2D eigenvalue weighted by atomic mass is 16.4. The van der Waals surface area contributed by atoms with Gasteiger partial charge >= 0.3 is 0 Å². The molecule has 0 amide bonds. The minimum absolute atomic E-state index is 0.0399. The van der Waals surface area contributed by atoms with Gasteiger partial charge in [-0.2, -0.15) is 0 Å². The molecule has 0 bridgehead atoms. The summed E-state index contributed by atoms with van der Waals surface area (Å²) in [7, 11) is 0. The number of aliphatic hydroxyl groups is 6. The maximum absolute atomic E-state index is 11.9. The lowest BCUT2D eigenvalue weighted by Gasteiger charge is -2.46. The molecule has 37 heavy (non-hydrogen) atoms. The quantitative estimate of drug-likeness (QED) is 0.272. The first-order chi connectivity index (χ1) is 17.0. The van der Waals surface area contributed by atoms with Crippen molar-refractivity contribution in [3.8, 4) is 0 Å². The maximum atomic E-state index is 11.9. The third-order valence-corrected chi connectivity index (χ3v) is 7.31. The van der Waals surface area contributed by atoms with E-state index in [0.717, 1.165) is 16.7 Å². The number of rotatable bonds is 11. The van der Waals surface area contributed by atoms with Crippen LogP contribution in [-0.2, 0) is 23.7 Å². The molecule has 0 aliphatic rings. The van der Waals surface area contributed by atoms with Gasteiger partial charge in [0.15, 0.2) is 0 Å². The van der Waals surface area contributed by atoms with Crippen molar-refractivity contribution in [3.63, 3.8) is 0 Å². The lowest BCUT2D eigenvalue weighted by molar-refractivity contribution is -0.230. The van der Waals surface area contributed by atoms with E-state index in [1.807, 2.05) is 49.4 Å². The van der Waals surface area contributed by atoms with Gasteiger partial charge < -0.3 is 30.6 Å². The molecule has 0 heterocycles. The third kappa shape index (κ3) is 7.62. The van der Waals surface area contributed by atoms with Crippen LogP contribution in [0.4, 0.5) is 0 Å². The summed E-state index contributed by atoms with van der Waals surface area (Å²) in [6, 6.07) is 15.2. The van der Waals surface area contributed by atoms with Gasteiger partial charge in [0.2, 0.25) is 0 Å². The molecule has 6 nitrogen and oxygen atoms in total. The van der Waals surface area contributed by atoms with Crippen LogP contribution in [-0.4, -0.2) is 66.8 Å². The van der Waals surface area contributed by atoms with Crippen LogP contribution in [0.1, 0.15) is 83.6 Å². The van der Waals surface area contributed by atoms with Gasteiger partial charge in [-0.1, -0.05) is 103 Å². The summed E-state index contributed by atoms with van der Waals surface area (Å²) in [5, 5.41) is 66.3. The normalized spacial score (nSPS) is 18.5. The van der Waals surface area contributed by atoms with Crippen LogP contribution >= 0.6 is 0 Å². The van der Waals surface area contributed by atoms with Gasteiger partial charge in [-0.15, -0.1) is 0 Å². The third-order valence-electron chi connectivity index (χ3n) is 7.31. The van der Waals surface area contributed by atoms with Gasteiger partial charge in [0.25, 0.3) is 0 Å². The predicted molar refractivity (Wildman–Crippen MR) is 148 cm³/mol. The van der Waals surface area contributed by atoms with Crippen molar-refractivity contribution >= 4 is 0 Å². The Morgan fingerprint density at radius 1 is 0.730 bits per heavy atom. The van der Waals surface area contributed by atoms with Crippen molar-refractivity contribution in [2.45, 2.75) is 114 Å². The Labute approximate surface area is 222 Å². The Kier molecular flexibility index (Phi) is 10.1. The van der Waals surface area contributed by atoms with E-state index in [0.29, 0.717) is 12.0 Å². The molecule has 208 valence electrons. The molecule has 2 aromatic carbocycles. The summed E-state index contributed by atoms with van der Waals surface area (Å²) in [5.74, 6) is 0. The van der Waals surface area contributed by atoms with Crippen LogP contribution in [0.3, 0.4) is 0 Å². The topological polar surface area (TPSA) is 121 Å². The molecule has 2 aromatic rings. The molecule has 1 unspecified atom stereocenters. The van der Waals surface area contributed by atoms with E-state index in [-0.39, 0.29) is 30.1 Å². The summed E-state index contributed by atoms with van der Waals surface area (Å²) >= 11 is 0. The summed E-state index contributed by atoms with van der Waals surface area (Å²) in [4.78, 5) is 0. The summed E-state index contributed by atoms with van der Waals surface area (Å²) in [5.41, 5.74) is -0.940. The summed E-state index contributed by atoms with van der Waals surface area (Å²) in [6.07, 6.45) is -4.97. The highest BCUT2D eigenvalue weighted by molar-refractivity contribution is 5.32. The van der Waals surface area contributed by atoms with Crippen molar-refractivity contribution < 1.29 is 30.6 Å². The van der Waals surface area contributed by atoms with Crippen LogP contribution in [0.15, 0.2) is 48.5 Å². The number of hydrogen-bond acceptors (Lipinski definition) is 6. The fourth-order valence-electron chi connectivity index (χ4n) is 4.99. The Bertz CT molecular complexity index is 1010. The van der Waals surface area contributed by atoms with Crippen LogP contribution < -0.4 is 0 Å². The molecular weight excluding hydrogens is 468 g/mol. The number of benzene rings is 2. The van der Waals surface area contributed by atoms with E-state index in [2.05, 4.69) is 41.5 Å². The standard InChI is InChI=1S/C31H48O6/c1-8-15-30(36,18-21-11-9-13-23(16-21)28(2,3)4)27(35)31(37,26(34)25(33)20-32)19-22-12-10-14-24(17-22)29(5,6)7/h9-14,16-17,25-27,32-37H,8,15,18-20H2,1-7H3/t25-,26+,27+,30?,31+/m0/s1. The number of hydrogen-bond donors (Lipinski definition) is 6. The monoisotopic (exact) mass is 516 g/mol. The molecule has 0 aromatic heterocycles. The fraction of sp³-hybridized carbons (Fsp3) is 0.613. The van der Waals surface area contributed by atoms with E-state index in [4.69, 9.17) is 0 Å². The van der Waals surface area contributed by atoms with Gasteiger partial charge in [-0.3, -0.25) is 0 Å². The molecule has 0 radical (unpaired) electrons. The van der Waals surface area contributed by atoms with Gasteiger partial charge in [0.1, 0.15) is 23.9 Å². The Hall–Kier alpha value is -1.80. The van der Waals surface area contributed by atoms with E-state index in [9.17, 15) is 30.6 Å². The fourth-order valence-corrected chi connectivity index (χ4v) is 4.99. The van der Waals surface area contributed by atoms with Gasteiger partial charge in [-0.05, 0) is 39.5 Å². The Morgan fingerprint density at radius 3 is 1.59 bits per heavy atom.